The quantitative estimate of drug-likeness (QED) is 0.176. The summed E-state index contributed by atoms with van der Waals surface area (Å²) >= 11 is 0. The smallest absolute Gasteiger partial charge is 0.281 e. The Kier molecular flexibility index (Phi) is 8.80. The summed E-state index contributed by atoms with van der Waals surface area (Å²) in [6.45, 7) is 5.48. The molecule has 1 fully saturated rings. The molecular weight excluding hydrogens is 563 g/mol. The average Bonchev–Trinajstić information content (AvgIpc) is 3.74. The second-order valence-corrected chi connectivity index (χ2v) is 11.2. The zero-order valence-electron chi connectivity index (χ0n) is 24.4. The lowest BCUT2D eigenvalue weighted by Gasteiger charge is -2.36. The number of hydrogen-bond acceptors (Lipinski definition) is 8. The Hall–Kier alpha value is -4.81. The number of carbonyl (C=O) groups is 1. The van der Waals surface area contributed by atoms with E-state index in [9.17, 15) is 9.18 Å². The molecule has 0 radical (unpaired) electrons. The fraction of sp³-hybridized carbons (Fsp3) is 0.312. The van der Waals surface area contributed by atoms with Crippen molar-refractivity contribution in [2.24, 2.45) is 10.4 Å². The van der Waals surface area contributed by atoms with Crippen LogP contribution in [0.25, 0.3) is 22.6 Å². The molecule has 2 aliphatic rings. The molecule has 44 heavy (non-hydrogen) atoms. The van der Waals surface area contributed by atoms with E-state index >= 15 is 0 Å². The minimum atomic E-state index is -0.758. The molecule has 0 aliphatic carbocycles. The molecule has 4 aromatic rings. The van der Waals surface area contributed by atoms with Crippen molar-refractivity contribution in [1.29, 1.82) is 0 Å². The monoisotopic (exact) mass is 597 g/mol. The summed E-state index contributed by atoms with van der Waals surface area (Å²) in [4.78, 5) is 33.9. The van der Waals surface area contributed by atoms with Crippen molar-refractivity contribution >= 4 is 24.4 Å². The molecule has 0 saturated carbocycles. The van der Waals surface area contributed by atoms with Gasteiger partial charge in [0, 0.05) is 42.2 Å². The average molecular weight is 598 g/mol. The van der Waals surface area contributed by atoms with E-state index in [-0.39, 0.29) is 11.7 Å². The van der Waals surface area contributed by atoms with Crippen LogP contribution in [0.5, 0.6) is 0 Å². The number of hydrogen-bond donors (Lipinski definition) is 3. The molecule has 6 rings (SSSR count). The van der Waals surface area contributed by atoms with Gasteiger partial charge >= 0.3 is 0 Å². The van der Waals surface area contributed by atoms with E-state index in [0.29, 0.717) is 66.3 Å². The lowest BCUT2D eigenvalue weighted by atomic mass is 9.92. The molecule has 2 aliphatic heterocycles. The number of rotatable bonds is 11. The Morgan fingerprint density at radius 3 is 2.64 bits per heavy atom. The molecule has 2 aromatic carbocycles. The molecule has 11 nitrogen and oxygen atoms in total. The van der Waals surface area contributed by atoms with Crippen molar-refractivity contribution in [3.63, 3.8) is 0 Å². The van der Waals surface area contributed by atoms with E-state index in [1.807, 2.05) is 37.7 Å². The maximum absolute atomic E-state index is 13.8. The van der Waals surface area contributed by atoms with Gasteiger partial charge < -0.3 is 25.1 Å². The number of benzene rings is 2. The van der Waals surface area contributed by atoms with Crippen LogP contribution in [-0.4, -0.2) is 82.4 Å². The number of amides is 1. The number of ether oxygens (including phenoxy) is 2. The molecule has 4 heterocycles. The molecule has 0 bridgehead atoms. The molecule has 0 atom stereocenters. The second kappa shape index (κ2) is 13.2. The molecular formula is C32H34FN8O3+. The van der Waals surface area contributed by atoms with Crippen LogP contribution in [-0.2, 0) is 9.47 Å². The summed E-state index contributed by atoms with van der Waals surface area (Å²) < 4.78 is 28.1. The molecule has 226 valence electrons. The first-order valence-corrected chi connectivity index (χ1v) is 14.5. The largest absolute Gasteiger partial charge is 0.354 e. The van der Waals surface area contributed by atoms with Crippen LogP contribution in [0.3, 0.4) is 0 Å². The van der Waals surface area contributed by atoms with Crippen LogP contribution in [0.15, 0.2) is 71.9 Å². The number of aromatic amines is 1. The summed E-state index contributed by atoms with van der Waals surface area (Å²) in [7, 11) is 0. The maximum Gasteiger partial charge on any atom is 0.281 e. The molecule has 0 unspecified atom stereocenters. The van der Waals surface area contributed by atoms with Crippen LogP contribution < -0.4 is 10.6 Å². The Bertz CT molecular complexity index is 1650. The third kappa shape index (κ3) is 7.04. The first-order chi connectivity index (χ1) is 21.5. The Morgan fingerprint density at radius 2 is 1.89 bits per heavy atom. The van der Waals surface area contributed by atoms with Crippen LogP contribution in [0, 0.1) is 11.2 Å². The van der Waals surface area contributed by atoms with Gasteiger partial charge in [-0.05, 0) is 42.5 Å². The summed E-state index contributed by atoms with van der Waals surface area (Å²) in [5, 5.41) is 6.27. The van der Waals surface area contributed by atoms with E-state index in [2.05, 4.69) is 30.2 Å². The van der Waals surface area contributed by atoms with Gasteiger partial charge in [0.25, 0.3) is 12.2 Å². The highest BCUT2D eigenvalue weighted by Crippen LogP contribution is 2.35. The van der Waals surface area contributed by atoms with Crippen LogP contribution in [0.1, 0.15) is 35.8 Å². The van der Waals surface area contributed by atoms with Gasteiger partial charge in [-0.2, -0.15) is 0 Å². The van der Waals surface area contributed by atoms with Crippen molar-refractivity contribution in [1.82, 2.24) is 25.3 Å². The van der Waals surface area contributed by atoms with Crippen molar-refractivity contribution in [3.05, 3.63) is 84.1 Å². The summed E-state index contributed by atoms with van der Waals surface area (Å²) in [5.74, 6) is 0.470. The first kappa shape index (κ1) is 29.3. The minimum absolute atomic E-state index is 0.146. The van der Waals surface area contributed by atoms with Gasteiger partial charge in [0.05, 0.1) is 36.8 Å². The molecule has 0 spiro atoms. The van der Waals surface area contributed by atoms with Gasteiger partial charge in [-0.3, -0.25) is 9.37 Å². The topological polar surface area (TPSA) is 129 Å². The van der Waals surface area contributed by atoms with E-state index in [1.54, 1.807) is 36.5 Å². The lowest BCUT2D eigenvalue weighted by Crippen LogP contribution is -2.45. The predicted molar refractivity (Wildman–Crippen MR) is 164 cm³/mol. The number of nitrogens with one attached hydrogen (secondary N) is 3. The van der Waals surface area contributed by atoms with Gasteiger partial charge in [0.15, 0.2) is 12.0 Å². The molecule has 12 heteroatoms. The van der Waals surface area contributed by atoms with Crippen molar-refractivity contribution in [3.8, 4) is 22.6 Å². The van der Waals surface area contributed by atoms with E-state index in [0.717, 1.165) is 19.5 Å². The molecule has 2 aromatic heterocycles. The van der Waals surface area contributed by atoms with Crippen molar-refractivity contribution in [2.45, 2.75) is 19.6 Å². The highest BCUT2D eigenvalue weighted by Gasteiger charge is 2.35. The number of aliphatic imine (C=N–C) groups is 1. The normalized spacial score (nSPS) is 19.5. The number of H-pyrrole nitrogens is 1. The Labute approximate surface area is 254 Å². The Morgan fingerprint density at radius 1 is 1.09 bits per heavy atom. The number of anilines is 1. The summed E-state index contributed by atoms with van der Waals surface area (Å²) in [5.41, 5.74) is 2.73. The van der Waals surface area contributed by atoms with Crippen molar-refractivity contribution < 1.29 is 23.2 Å². The van der Waals surface area contributed by atoms with Gasteiger partial charge in [-0.1, -0.05) is 30.1 Å². The number of halogens is 1. The molecule has 1 saturated heterocycles. The van der Waals surface area contributed by atoms with E-state index in [4.69, 9.17) is 19.4 Å². The van der Waals surface area contributed by atoms with E-state index < -0.39 is 11.7 Å². The highest BCUT2D eigenvalue weighted by molar-refractivity contribution is 5.94. The maximum atomic E-state index is 13.8. The standard InChI is InChI=1S/C32H33FN8O3/c1-32(18-37-29(42)23-6-3-2-4-7-23)19-43-30(44-20-32)28-39-26(22-8-10-24(33)11-9-22)27(40-28)25-12-14-36-31(38-25)35-13-5-16-41-17-15-34-21-41/h2-4,6-12,14-15,21,30H,5,13,16-20H2,1H3,(H2-,35,36,37,38,39,40,42)/p+1. The fourth-order valence-corrected chi connectivity index (χ4v) is 4.95. The molecule has 1 amide bonds. The van der Waals surface area contributed by atoms with Gasteiger partial charge in [0.1, 0.15) is 12.4 Å². The third-order valence-electron chi connectivity index (χ3n) is 7.41. The predicted octanol–water partition coefficient (Wildman–Crippen LogP) is 4.08. The van der Waals surface area contributed by atoms with Crippen molar-refractivity contribution in [2.75, 3.05) is 44.7 Å². The first-order valence-electron chi connectivity index (χ1n) is 14.5. The zero-order valence-corrected chi connectivity index (χ0v) is 24.4. The van der Waals surface area contributed by atoms with Gasteiger partial charge in [-0.15, -0.1) is 0 Å². The number of aromatic nitrogens is 4. The zero-order chi connectivity index (χ0) is 30.4. The van der Waals surface area contributed by atoms with Crippen LogP contribution in [0.4, 0.5) is 10.3 Å². The number of nitrogens with zero attached hydrogens (tertiary/aromatic N) is 5. The summed E-state index contributed by atoms with van der Waals surface area (Å²) in [6, 6.07) is 17.0. The second-order valence-electron chi connectivity index (χ2n) is 11.2. The SMILES string of the molecule is CC1(CNC(=O)c2ccccc2)COC(c2nc(-c3ccc(F)cc3)c(-c3ccnc(NCCC[N+]4=CN=CC4)n3)[nH]2)OC1. The van der Waals surface area contributed by atoms with Crippen LogP contribution in [0.2, 0.25) is 0 Å². The minimum Gasteiger partial charge on any atom is -0.354 e. The third-order valence-corrected chi connectivity index (χ3v) is 7.41. The summed E-state index contributed by atoms with van der Waals surface area (Å²) in [6.07, 6.45) is 5.55. The molecule has 3 N–H and O–H groups in total. The fourth-order valence-electron chi connectivity index (χ4n) is 4.95. The number of imidazole rings is 1. The highest BCUT2D eigenvalue weighted by atomic mass is 19.1. The van der Waals surface area contributed by atoms with Gasteiger partial charge in [0.2, 0.25) is 12.2 Å². The lowest BCUT2D eigenvalue weighted by molar-refractivity contribution is -0.504. The van der Waals surface area contributed by atoms with Gasteiger partial charge in [-0.25, -0.2) is 19.3 Å². The van der Waals surface area contributed by atoms with E-state index in [1.165, 1.54) is 12.1 Å². The number of carbonyl (C=O) groups excluding carboxylic acids is 1. The Balaban J connectivity index is 1.15. The van der Waals surface area contributed by atoms with Crippen LogP contribution >= 0.6 is 0 Å².